The van der Waals surface area contributed by atoms with E-state index in [9.17, 15) is 0 Å². The molecule has 0 bridgehead atoms. The van der Waals surface area contributed by atoms with Crippen molar-refractivity contribution in [3.63, 3.8) is 0 Å². The van der Waals surface area contributed by atoms with E-state index in [1.54, 1.807) is 0 Å². The molecule has 4 heteroatoms. The van der Waals surface area contributed by atoms with Crippen LogP contribution in [0.5, 0.6) is 0 Å². The van der Waals surface area contributed by atoms with Crippen LogP contribution in [0.2, 0.25) is 5.02 Å². The lowest BCUT2D eigenvalue weighted by Crippen LogP contribution is -2.31. The summed E-state index contributed by atoms with van der Waals surface area (Å²) in [5, 5.41) is 0.758. The summed E-state index contributed by atoms with van der Waals surface area (Å²) in [7, 11) is 0. The van der Waals surface area contributed by atoms with Gasteiger partial charge in [0.25, 0.3) is 0 Å². The predicted octanol–water partition coefficient (Wildman–Crippen LogP) is 5.11. The van der Waals surface area contributed by atoms with Gasteiger partial charge >= 0.3 is 0 Å². The number of likely N-dealkylation sites (tertiary alicyclic amines) is 1. The van der Waals surface area contributed by atoms with E-state index in [2.05, 4.69) is 46.7 Å². The Labute approximate surface area is 147 Å². The summed E-state index contributed by atoms with van der Waals surface area (Å²) >= 11 is 6.06. The van der Waals surface area contributed by atoms with Crippen molar-refractivity contribution < 1.29 is 0 Å². The molecule has 1 fully saturated rings. The fraction of sp³-hybridized carbons (Fsp3) is 0.350. The highest BCUT2D eigenvalue weighted by molar-refractivity contribution is 6.30. The molecule has 24 heavy (non-hydrogen) atoms. The standard InChI is InChI=1S/C20H22ClN3/c1-15-5-10-19-18(13-15)22-20(16-6-8-17(21)9-7-16)24(19)14-23-11-3-2-4-12-23/h5-10,13H,2-4,11-12,14H2,1H3. The lowest BCUT2D eigenvalue weighted by molar-refractivity contribution is 0.186. The number of aromatic nitrogens is 2. The van der Waals surface area contributed by atoms with Crippen LogP contribution < -0.4 is 0 Å². The summed E-state index contributed by atoms with van der Waals surface area (Å²) in [6.45, 7) is 5.36. The lowest BCUT2D eigenvalue weighted by atomic mass is 10.1. The number of nitrogens with zero attached hydrogens (tertiary/aromatic N) is 3. The first-order chi connectivity index (χ1) is 11.7. The third-order valence-corrected chi connectivity index (χ3v) is 5.05. The first kappa shape index (κ1) is 15.7. The van der Waals surface area contributed by atoms with Gasteiger partial charge in [-0.05, 0) is 74.8 Å². The Balaban J connectivity index is 1.81. The van der Waals surface area contributed by atoms with E-state index >= 15 is 0 Å². The highest BCUT2D eigenvalue weighted by Crippen LogP contribution is 2.27. The molecule has 3 aromatic rings. The van der Waals surface area contributed by atoms with Crippen LogP contribution in [0.1, 0.15) is 24.8 Å². The average Bonchev–Trinajstić information content (AvgIpc) is 2.94. The van der Waals surface area contributed by atoms with Crippen LogP contribution in [-0.2, 0) is 6.67 Å². The summed E-state index contributed by atoms with van der Waals surface area (Å²) in [5.41, 5.74) is 4.63. The second kappa shape index (κ2) is 6.58. The summed E-state index contributed by atoms with van der Waals surface area (Å²) < 4.78 is 2.35. The SMILES string of the molecule is Cc1ccc2c(c1)nc(-c1ccc(Cl)cc1)n2CN1CCCCC1. The second-order valence-corrected chi connectivity index (χ2v) is 7.12. The van der Waals surface area contributed by atoms with Gasteiger partial charge in [-0.2, -0.15) is 0 Å². The van der Waals surface area contributed by atoms with Crippen molar-refractivity contribution in [1.82, 2.24) is 14.5 Å². The van der Waals surface area contributed by atoms with Gasteiger partial charge in [0.2, 0.25) is 0 Å². The van der Waals surface area contributed by atoms with Gasteiger partial charge in [0, 0.05) is 10.6 Å². The Morgan fingerprint density at radius 3 is 2.50 bits per heavy atom. The number of aryl methyl sites for hydroxylation is 1. The van der Waals surface area contributed by atoms with E-state index in [1.165, 1.54) is 43.4 Å². The van der Waals surface area contributed by atoms with Crippen LogP contribution in [0.25, 0.3) is 22.4 Å². The molecule has 2 aromatic carbocycles. The van der Waals surface area contributed by atoms with E-state index < -0.39 is 0 Å². The van der Waals surface area contributed by atoms with Gasteiger partial charge in [-0.3, -0.25) is 4.90 Å². The molecular formula is C20H22ClN3. The number of halogens is 1. The summed E-state index contributed by atoms with van der Waals surface area (Å²) in [4.78, 5) is 7.46. The van der Waals surface area contributed by atoms with E-state index in [-0.39, 0.29) is 0 Å². The molecule has 124 valence electrons. The number of piperidine rings is 1. The third-order valence-electron chi connectivity index (χ3n) is 4.80. The molecule has 1 aliphatic rings. The van der Waals surface area contributed by atoms with Gasteiger partial charge in [-0.15, -0.1) is 0 Å². The van der Waals surface area contributed by atoms with Crippen molar-refractivity contribution in [2.75, 3.05) is 13.1 Å². The Bertz CT molecular complexity index is 845. The van der Waals surface area contributed by atoms with Crippen LogP contribution in [0.15, 0.2) is 42.5 Å². The molecule has 0 aliphatic carbocycles. The molecule has 0 saturated carbocycles. The number of fused-ring (bicyclic) bond motifs is 1. The van der Waals surface area contributed by atoms with Gasteiger partial charge < -0.3 is 4.57 Å². The monoisotopic (exact) mass is 339 g/mol. The number of imidazole rings is 1. The third kappa shape index (κ3) is 3.06. The minimum Gasteiger partial charge on any atom is -0.310 e. The highest BCUT2D eigenvalue weighted by atomic mass is 35.5. The quantitative estimate of drug-likeness (QED) is 0.661. The fourth-order valence-electron chi connectivity index (χ4n) is 3.50. The zero-order valence-corrected chi connectivity index (χ0v) is 14.8. The van der Waals surface area contributed by atoms with E-state index in [4.69, 9.17) is 16.6 Å². The lowest BCUT2D eigenvalue weighted by Gasteiger charge is -2.27. The van der Waals surface area contributed by atoms with Gasteiger partial charge in [0.05, 0.1) is 17.7 Å². The minimum atomic E-state index is 0.758. The normalized spacial score (nSPS) is 15.9. The molecule has 1 saturated heterocycles. The summed E-state index contributed by atoms with van der Waals surface area (Å²) in [6.07, 6.45) is 3.94. The second-order valence-electron chi connectivity index (χ2n) is 6.68. The smallest absolute Gasteiger partial charge is 0.142 e. The van der Waals surface area contributed by atoms with Crippen molar-refractivity contribution in [1.29, 1.82) is 0 Å². The number of hydrogen-bond acceptors (Lipinski definition) is 2. The van der Waals surface area contributed by atoms with Crippen LogP contribution in [0.4, 0.5) is 0 Å². The predicted molar refractivity (Wildman–Crippen MR) is 100 cm³/mol. The molecule has 0 atom stereocenters. The molecule has 0 unspecified atom stereocenters. The maximum Gasteiger partial charge on any atom is 0.142 e. The van der Waals surface area contributed by atoms with Gasteiger partial charge in [0.1, 0.15) is 5.82 Å². The minimum absolute atomic E-state index is 0.758. The summed E-state index contributed by atoms with van der Waals surface area (Å²) in [6, 6.07) is 14.5. The average molecular weight is 340 g/mol. The van der Waals surface area contributed by atoms with Crippen LogP contribution >= 0.6 is 11.6 Å². The van der Waals surface area contributed by atoms with Gasteiger partial charge in [0.15, 0.2) is 0 Å². The Kier molecular flexibility index (Phi) is 4.30. The maximum absolute atomic E-state index is 6.06. The molecule has 2 heterocycles. The van der Waals surface area contributed by atoms with E-state index in [0.29, 0.717) is 0 Å². The largest absolute Gasteiger partial charge is 0.310 e. The van der Waals surface area contributed by atoms with Crippen LogP contribution in [0, 0.1) is 6.92 Å². The van der Waals surface area contributed by atoms with Crippen LogP contribution in [0.3, 0.4) is 0 Å². The molecule has 1 aliphatic heterocycles. The molecular weight excluding hydrogens is 318 g/mol. The van der Waals surface area contributed by atoms with Crippen molar-refractivity contribution in [3.8, 4) is 11.4 Å². The highest BCUT2D eigenvalue weighted by Gasteiger charge is 2.17. The molecule has 1 aromatic heterocycles. The van der Waals surface area contributed by atoms with E-state index in [1.807, 2.05) is 12.1 Å². The Morgan fingerprint density at radius 1 is 1.00 bits per heavy atom. The van der Waals surface area contributed by atoms with Gasteiger partial charge in [-0.1, -0.05) is 24.1 Å². The Morgan fingerprint density at radius 2 is 1.75 bits per heavy atom. The molecule has 0 spiro atoms. The maximum atomic E-state index is 6.06. The van der Waals surface area contributed by atoms with Crippen molar-refractivity contribution in [2.45, 2.75) is 32.9 Å². The zero-order valence-electron chi connectivity index (χ0n) is 14.0. The number of benzene rings is 2. The molecule has 0 amide bonds. The molecule has 0 radical (unpaired) electrons. The van der Waals surface area contributed by atoms with E-state index in [0.717, 1.165) is 28.6 Å². The first-order valence-electron chi connectivity index (χ1n) is 8.66. The van der Waals surface area contributed by atoms with Crippen molar-refractivity contribution in [2.24, 2.45) is 0 Å². The summed E-state index contributed by atoms with van der Waals surface area (Å²) in [5.74, 6) is 1.03. The van der Waals surface area contributed by atoms with Gasteiger partial charge in [-0.25, -0.2) is 4.98 Å². The number of hydrogen-bond donors (Lipinski definition) is 0. The van der Waals surface area contributed by atoms with Crippen molar-refractivity contribution >= 4 is 22.6 Å². The molecule has 4 rings (SSSR count). The number of rotatable bonds is 3. The van der Waals surface area contributed by atoms with Crippen molar-refractivity contribution in [3.05, 3.63) is 53.1 Å². The molecule has 0 N–H and O–H groups in total. The van der Waals surface area contributed by atoms with Crippen LogP contribution in [-0.4, -0.2) is 27.5 Å². The Hall–Kier alpha value is -1.84. The first-order valence-corrected chi connectivity index (χ1v) is 9.04. The fourth-order valence-corrected chi connectivity index (χ4v) is 3.63. The molecule has 3 nitrogen and oxygen atoms in total. The topological polar surface area (TPSA) is 21.1 Å². The zero-order chi connectivity index (χ0) is 16.5.